The normalized spacial score (nSPS) is 18.7. The SMILES string of the molecule is C=CCC(=C)C[C@H](C)[C@@H](OC(=O)/C=C(C)/C=C/CC(=C)[C@H](O[Si](C)(C)C(C)(C)C)[C@@H](OCc1ccc(OC)cc1)C(=C)[C@H](OCc1ccc(OC)cc1)[C@@H](O)C=C)[C@H]1O[C@H]1[C@@H](C)CCC. The van der Waals surface area contributed by atoms with Crippen LogP contribution in [0.5, 0.6) is 11.5 Å². The summed E-state index contributed by atoms with van der Waals surface area (Å²) in [6.45, 7) is 40.7. The molecular weight excluding hydrogens is 833 g/mol. The third-order valence-electron chi connectivity index (χ3n) is 12.5. The van der Waals surface area contributed by atoms with Gasteiger partial charge in [-0.15, -0.1) is 13.2 Å². The number of esters is 1. The van der Waals surface area contributed by atoms with Gasteiger partial charge in [-0.3, -0.25) is 0 Å². The molecule has 0 spiro atoms. The van der Waals surface area contributed by atoms with Gasteiger partial charge >= 0.3 is 5.97 Å². The van der Waals surface area contributed by atoms with Crippen molar-refractivity contribution in [2.75, 3.05) is 14.2 Å². The zero-order chi connectivity index (χ0) is 48.5. The first kappa shape index (κ1) is 55.0. The molecule has 1 aliphatic rings. The lowest BCUT2D eigenvalue weighted by Gasteiger charge is -2.43. The van der Waals surface area contributed by atoms with Crippen LogP contribution in [0.2, 0.25) is 18.1 Å². The summed E-state index contributed by atoms with van der Waals surface area (Å²) >= 11 is 0. The van der Waals surface area contributed by atoms with Gasteiger partial charge in [0.15, 0.2) is 8.32 Å². The van der Waals surface area contributed by atoms with E-state index in [1.807, 2.05) is 73.7 Å². The summed E-state index contributed by atoms with van der Waals surface area (Å²) in [4.78, 5) is 13.5. The summed E-state index contributed by atoms with van der Waals surface area (Å²) in [5.74, 6) is 1.44. The lowest BCUT2D eigenvalue weighted by atomic mass is 9.89. The second kappa shape index (κ2) is 26.2. The number of carbonyl (C=O) groups is 1. The number of epoxide rings is 1. The maximum atomic E-state index is 13.5. The zero-order valence-electron chi connectivity index (χ0n) is 41.4. The average molecular weight is 913 g/mol. The Balaban J connectivity index is 1.95. The number of allylic oxidation sites excluding steroid dienone is 5. The van der Waals surface area contributed by atoms with E-state index in [9.17, 15) is 9.90 Å². The Morgan fingerprint density at radius 2 is 1.42 bits per heavy atom. The molecule has 0 bridgehead atoms. The van der Waals surface area contributed by atoms with Gasteiger partial charge in [0, 0.05) is 6.08 Å². The van der Waals surface area contributed by atoms with Crippen LogP contribution in [0.1, 0.15) is 91.7 Å². The zero-order valence-corrected chi connectivity index (χ0v) is 42.4. The number of hydrogen-bond donors (Lipinski definition) is 1. The number of benzene rings is 2. The third-order valence-corrected chi connectivity index (χ3v) is 17.0. The topological polar surface area (TPSA) is 105 Å². The lowest BCUT2D eigenvalue weighted by molar-refractivity contribution is -0.146. The molecule has 3 rings (SSSR count). The molecule has 0 amide bonds. The molecule has 0 aliphatic carbocycles. The molecule has 1 heterocycles. The monoisotopic (exact) mass is 913 g/mol. The Morgan fingerprint density at radius 3 is 1.91 bits per heavy atom. The van der Waals surface area contributed by atoms with Crippen LogP contribution >= 0.6 is 0 Å². The summed E-state index contributed by atoms with van der Waals surface area (Å²) < 4.78 is 43.6. The Labute approximate surface area is 393 Å². The summed E-state index contributed by atoms with van der Waals surface area (Å²) in [6, 6.07) is 15.2. The highest BCUT2D eigenvalue weighted by atomic mass is 28.4. The van der Waals surface area contributed by atoms with E-state index < -0.39 is 44.8 Å². The number of aliphatic hydroxyl groups excluding tert-OH is 1. The Kier molecular flexibility index (Phi) is 22.1. The highest BCUT2D eigenvalue weighted by molar-refractivity contribution is 6.74. The molecular formula is C55H80O9Si. The smallest absolute Gasteiger partial charge is 0.331 e. The summed E-state index contributed by atoms with van der Waals surface area (Å²) in [6.07, 6.45) is 8.63. The molecule has 2 aromatic carbocycles. The first-order chi connectivity index (χ1) is 30.7. The molecule has 2 aromatic rings. The fourth-order valence-electron chi connectivity index (χ4n) is 7.53. The van der Waals surface area contributed by atoms with Crippen molar-refractivity contribution < 1.29 is 42.7 Å². The molecule has 0 unspecified atom stereocenters. The van der Waals surface area contributed by atoms with Crippen LogP contribution in [0.3, 0.4) is 0 Å². The minimum Gasteiger partial charge on any atom is -0.497 e. The van der Waals surface area contributed by atoms with Crippen LogP contribution in [0.4, 0.5) is 0 Å². The van der Waals surface area contributed by atoms with Gasteiger partial charge in [-0.1, -0.05) is 122 Å². The van der Waals surface area contributed by atoms with E-state index in [2.05, 4.69) is 87.5 Å². The minimum atomic E-state index is -2.51. The van der Waals surface area contributed by atoms with Crippen LogP contribution in [0.15, 0.2) is 134 Å². The minimum absolute atomic E-state index is 0.0234. The molecule has 9 atom stereocenters. The molecule has 0 aromatic heterocycles. The third kappa shape index (κ3) is 17.1. The van der Waals surface area contributed by atoms with Gasteiger partial charge < -0.3 is 38.0 Å². The lowest BCUT2D eigenvalue weighted by Crippen LogP contribution is -2.50. The molecule has 1 N–H and O–H groups in total. The van der Waals surface area contributed by atoms with Crippen LogP contribution < -0.4 is 9.47 Å². The Hall–Kier alpha value is -4.29. The Morgan fingerprint density at radius 1 is 0.862 bits per heavy atom. The number of rotatable bonds is 30. The van der Waals surface area contributed by atoms with Gasteiger partial charge in [0.1, 0.15) is 42.0 Å². The van der Waals surface area contributed by atoms with E-state index in [-0.39, 0.29) is 36.4 Å². The molecule has 0 saturated carbocycles. The fraction of sp³-hybridized carbons (Fsp3) is 0.509. The molecule has 0 radical (unpaired) electrons. The predicted molar refractivity (Wildman–Crippen MR) is 268 cm³/mol. The van der Waals surface area contributed by atoms with E-state index in [0.717, 1.165) is 52.2 Å². The number of methoxy groups -OCH3 is 2. The molecule has 1 aliphatic heterocycles. The molecule has 1 fully saturated rings. The van der Waals surface area contributed by atoms with Crippen molar-refractivity contribution >= 4 is 14.3 Å². The van der Waals surface area contributed by atoms with Gasteiger partial charge in [0.05, 0.1) is 39.6 Å². The quantitative estimate of drug-likeness (QED) is 0.0205. The standard InChI is InChI=1S/C55H80O9Si/c1-17-21-37(4)33-41(8)50(54-49(63-54)39(6)22-18-2)62-48(57)34-38(5)23-20-24-40(7)51(64-65(15,16)55(10,11)12)53(61-36-44-27-31-46(59-14)32-28-44)42(9)52(47(56)19-3)60-35-43-25-29-45(58-13)30-26-43/h17,19-20,23,25-32,34,39,41,47,49-54,56H,1,3-4,7,9,18,21-22,24,33,35-36H2,2,5-6,8,10-16H3/b23-20+,38-34+/t39-,41-,47-,49-,50+,51-,52-,53-,54-/m0/s1. The fourth-order valence-corrected chi connectivity index (χ4v) is 8.81. The van der Waals surface area contributed by atoms with Crippen molar-refractivity contribution in [1.82, 2.24) is 0 Å². The Bertz CT molecular complexity index is 1920. The van der Waals surface area contributed by atoms with E-state index in [1.165, 1.54) is 12.2 Å². The van der Waals surface area contributed by atoms with Gasteiger partial charge in [0.2, 0.25) is 0 Å². The van der Waals surface area contributed by atoms with Crippen LogP contribution in [0, 0.1) is 11.8 Å². The molecule has 10 heteroatoms. The predicted octanol–water partition coefficient (Wildman–Crippen LogP) is 12.4. The highest BCUT2D eigenvalue weighted by Crippen LogP contribution is 2.41. The summed E-state index contributed by atoms with van der Waals surface area (Å²) in [7, 11) is 0.743. The van der Waals surface area contributed by atoms with E-state index in [1.54, 1.807) is 14.2 Å². The van der Waals surface area contributed by atoms with Crippen LogP contribution in [-0.4, -0.2) is 76.3 Å². The van der Waals surface area contributed by atoms with Gasteiger partial charge in [-0.2, -0.15) is 0 Å². The van der Waals surface area contributed by atoms with Crippen molar-refractivity contribution in [3.8, 4) is 11.5 Å². The van der Waals surface area contributed by atoms with Crippen molar-refractivity contribution in [3.63, 3.8) is 0 Å². The van der Waals surface area contributed by atoms with Gasteiger partial charge in [-0.25, -0.2) is 4.79 Å². The summed E-state index contributed by atoms with van der Waals surface area (Å²) in [5, 5.41) is 11.3. The first-order valence-electron chi connectivity index (χ1n) is 23.0. The maximum absolute atomic E-state index is 13.5. The van der Waals surface area contributed by atoms with Crippen molar-refractivity contribution in [2.24, 2.45) is 11.8 Å². The number of ether oxygens (including phenoxy) is 6. The van der Waals surface area contributed by atoms with Crippen molar-refractivity contribution in [1.29, 1.82) is 0 Å². The highest BCUT2D eigenvalue weighted by Gasteiger charge is 2.51. The molecule has 65 heavy (non-hydrogen) atoms. The first-order valence-corrected chi connectivity index (χ1v) is 25.9. The van der Waals surface area contributed by atoms with Crippen molar-refractivity contribution in [2.45, 2.75) is 155 Å². The largest absolute Gasteiger partial charge is 0.497 e. The number of hydrogen-bond acceptors (Lipinski definition) is 9. The van der Waals surface area contributed by atoms with Gasteiger partial charge in [-0.05, 0) is 115 Å². The maximum Gasteiger partial charge on any atom is 0.331 e. The second-order valence-electron chi connectivity index (χ2n) is 19.1. The molecule has 1 saturated heterocycles. The van der Waals surface area contributed by atoms with Crippen LogP contribution in [0.25, 0.3) is 0 Å². The number of carbonyl (C=O) groups excluding carboxylic acids is 1. The van der Waals surface area contributed by atoms with Crippen LogP contribution in [-0.2, 0) is 41.4 Å². The van der Waals surface area contributed by atoms with Crippen molar-refractivity contribution in [3.05, 3.63) is 145 Å². The van der Waals surface area contributed by atoms with E-state index >= 15 is 0 Å². The molecule has 9 nitrogen and oxygen atoms in total. The summed E-state index contributed by atoms with van der Waals surface area (Å²) in [5.41, 5.74) is 4.77. The van der Waals surface area contributed by atoms with E-state index in [4.69, 9.17) is 32.8 Å². The average Bonchev–Trinajstić information content (AvgIpc) is 4.06. The second-order valence-corrected chi connectivity index (χ2v) is 23.8. The van der Waals surface area contributed by atoms with Gasteiger partial charge in [0.25, 0.3) is 0 Å². The van der Waals surface area contributed by atoms with E-state index in [0.29, 0.717) is 30.8 Å². The number of aliphatic hydroxyl groups is 1. The molecule has 358 valence electrons.